The fourth-order valence-corrected chi connectivity index (χ4v) is 3.42. The molecule has 0 aliphatic carbocycles. The standard InChI is InChI=1S/C19H20F2N2O6S/c1-13-7-9-14(10-8-13)30(26,27)23(2)11-18(25)28-12-17(24)22-15-5-3-4-6-16(15)29-19(20)21/h3-10,19H,11-12H2,1-2H3,(H,22,24). The number of carbonyl (C=O) groups excluding carboxylic acids is 2. The van der Waals surface area contributed by atoms with Gasteiger partial charge in [-0.2, -0.15) is 13.1 Å². The van der Waals surface area contributed by atoms with E-state index in [0.717, 1.165) is 9.87 Å². The van der Waals surface area contributed by atoms with Crippen LogP contribution in [0.3, 0.4) is 0 Å². The van der Waals surface area contributed by atoms with E-state index in [9.17, 15) is 26.8 Å². The Balaban J connectivity index is 1.90. The summed E-state index contributed by atoms with van der Waals surface area (Å²) in [7, 11) is -2.71. The molecule has 0 bridgehead atoms. The first-order valence-electron chi connectivity index (χ1n) is 8.62. The zero-order chi connectivity index (χ0) is 22.3. The largest absolute Gasteiger partial charge is 0.455 e. The predicted molar refractivity (Wildman–Crippen MR) is 104 cm³/mol. The van der Waals surface area contributed by atoms with Gasteiger partial charge in [0.05, 0.1) is 10.6 Å². The number of benzene rings is 2. The van der Waals surface area contributed by atoms with Crippen LogP contribution in [-0.4, -0.2) is 51.4 Å². The van der Waals surface area contributed by atoms with Gasteiger partial charge in [-0.05, 0) is 31.2 Å². The van der Waals surface area contributed by atoms with Gasteiger partial charge in [0.2, 0.25) is 10.0 Å². The Morgan fingerprint density at radius 1 is 1.10 bits per heavy atom. The Hall–Kier alpha value is -3.05. The molecule has 0 atom stereocenters. The number of rotatable bonds is 9. The SMILES string of the molecule is Cc1ccc(S(=O)(=O)N(C)CC(=O)OCC(=O)Nc2ccccc2OC(F)F)cc1. The Kier molecular flexibility index (Phi) is 7.84. The lowest BCUT2D eigenvalue weighted by Gasteiger charge is -2.16. The summed E-state index contributed by atoms with van der Waals surface area (Å²) in [6, 6.07) is 11.6. The minimum atomic E-state index is -3.91. The number of para-hydroxylation sites is 2. The molecule has 0 spiro atoms. The lowest BCUT2D eigenvalue weighted by molar-refractivity contribution is -0.147. The molecule has 0 fully saturated rings. The van der Waals surface area contributed by atoms with Gasteiger partial charge >= 0.3 is 12.6 Å². The van der Waals surface area contributed by atoms with Crippen molar-refractivity contribution in [1.82, 2.24) is 4.31 Å². The number of esters is 1. The highest BCUT2D eigenvalue weighted by Gasteiger charge is 2.24. The second kappa shape index (κ2) is 10.1. The summed E-state index contributed by atoms with van der Waals surface area (Å²) in [6.07, 6.45) is 0. The van der Waals surface area contributed by atoms with Crippen LogP contribution in [0.1, 0.15) is 5.56 Å². The summed E-state index contributed by atoms with van der Waals surface area (Å²) < 4.78 is 59.5. The summed E-state index contributed by atoms with van der Waals surface area (Å²) in [5.41, 5.74) is 0.848. The molecule has 0 aromatic heterocycles. The third-order valence-corrected chi connectivity index (χ3v) is 5.64. The van der Waals surface area contributed by atoms with Crippen molar-refractivity contribution in [3.05, 3.63) is 54.1 Å². The van der Waals surface area contributed by atoms with Crippen LogP contribution in [0.5, 0.6) is 5.75 Å². The summed E-state index contributed by atoms with van der Waals surface area (Å²) >= 11 is 0. The molecule has 2 aromatic rings. The van der Waals surface area contributed by atoms with Crippen LogP contribution in [-0.2, 0) is 24.3 Å². The van der Waals surface area contributed by atoms with E-state index in [0.29, 0.717) is 0 Å². The van der Waals surface area contributed by atoms with Crippen LogP contribution in [0.2, 0.25) is 0 Å². The summed E-state index contributed by atoms with van der Waals surface area (Å²) in [5.74, 6) is -2.02. The molecular formula is C19H20F2N2O6S. The second-order valence-corrected chi connectivity index (χ2v) is 8.20. The number of hydrogen-bond donors (Lipinski definition) is 1. The quantitative estimate of drug-likeness (QED) is 0.599. The van der Waals surface area contributed by atoms with E-state index in [-0.39, 0.29) is 16.3 Å². The Morgan fingerprint density at radius 3 is 2.37 bits per heavy atom. The fraction of sp³-hybridized carbons (Fsp3) is 0.263. The third-order valence-electron chi connectivity index (χ3n) is 3.82. The Labute approximate surface area is 172 Å². The molecule has 1 N–H and O–H groups in total. The molecule has 2 rings (SSSR count). The van der Waals surface area contributed by atoms with Crippen molar-refractivity contribution in [3.63, 3.8) is 0 Å². The van der Waals surface area contributed by atoms with Crippen LogP contribution in [0.15, 0.2) is 53.4 Å². The number of aryl methyl sites for hydroxylation is 1. The van der Waals surface area contributed by atoms with Gasteiger partial charge < -0.3 is 14.8 Å². The fourth-order valence-electron chi connectivity index (χ4n) is 2.30. The van der Waals surface area contributed by atoms with Crippen molar-refractivity contribution in [3.8, 4) is 5.75 Å². The number of sulfonamides is 1. The molecule has 0 aliphatic heterocycles. The van der Waals surface area contributed by atoms with Crippen molar-refractivity contribution in [2.24, 2.45) is 0 Å². The maximum atomic E-state index is 12.4. The number of amides is 1. The predicted octanol–water partition coefficient (Wildman–Crippen LogP) is 2.40. The summed E-state index contributed by atoms with van der Waals surface area (Å²) in [6.45, 7) is -2.62. The highest BCUT2D eigenvalue weighted by molar-refractivity contribution is 7.89. The lowest BCUT2D eigenvalue weighted by Crippen LogP contribution is -2.34. The Morgan fingerprint density at radius 2 is 1.73 bits per heavy atom. The Bertz CT molecular complexity index is 996. The molecule has 0 radical (unpaired) electrons. The van der Waals surface area contributed by atoms with Crippen LogP contribution >= 0.6 is 0 Å². The normalized spacial score (nSPS) is 11.4. The summed E-state index contributed by atoms with van der Waals surface area (Å²) in [5, 5.41) is 2.28. The van der Waals surface area contributed by atoms with Gasteiger partial charge in [-0.15, -0.1) is 0 Å². The van der Waals surface area contributed by atoms with Crippen LogP contribution < -0.4 is 10.1 Å². The minimum absolute atomic E-state index is 0.0109. The van der Waals surface area contributed by atoms with E-state index in [1.165, 1.54) is 43.4 Å². The van der Waals surface area contributed by atoms with Crippen molar-refractivity contribution < 1.29 is 36.3 Å². The highest BCUT2D eigenvalue weighted by Crippen LogP contribution is 2.25. The van der Waals surface area contributed by atoms with Crippen molar-refractivity contribution in [2.75, 3.05) is 25.5 Å². The number of hydrogen-bond acceptors (Lipinski definition) is 6. The molecule has 8 nitrogen and oxygen atoms in total. The lowest BCUT2D eigenvalue weighted by atomic mass is 10.2. The molecular weight excluding hydrogens is 422 g/mol. The van der Waals surface area contributed by atoms with Crippen molar-refractivity contribution >= 4 is 27.6 Å². The molecule has 1 amide bonds. The van der Waals surface area contributed by atoms with E-state index in [1.807, 2.05) is 0 Å². The first-order valence-corrected chi connectivity index (χ1v) is 10.1. The van der Waals surface area contributed by atoms with Gasteiger partial charge in [-0.1, -0.05) is 29.8 Å². The topological polar surface area (TPSA) is 102 Å². The monoisotopic (exact) mass is 442 g/mol. The zero-order valence-electron chi connectivity index (χ0n) is 16.2. The first kappa shape index (κ1) is 23.2. The van der Waals surface area contributed by atoms with Gasteiger partial charge in [0.25, 0.3) is 5.91 Å². The molecule has 30 heavy (non-hydrogen) atoms. The number of nitrogens with one attached hydrogen (secondary N) is 1. The number of halogens is 2. The van der Waals surface area contributed by atoms with Crippen LogP contribution in [0.25, 0.3) is 0 Å². The minimum Gasteiger partial charge on any atom is -0.455 e. The highest BCUT2D eigenvalue weighted by atomic mass is 32.2. The van der Waals surface area contributed by atoms with E-state index in [2.05, 4.69) is 10.1 Å². The number of nitrogens with zero attached hydrogens (tertiary/aromatic N) is 1. The molecule has 0 aliphatic rings. The van der Waals surface area contributed by atoms with Crippen LogP contribution in [0.4, 0.5) is 14.5 Å². The molecule has 0 heterocycles. The van der Waals surface area contributed by atoms with Gasteiger partial charge in [0.15, 0.2) is 6.61 Å². The van der Waals surface area contributed by atoms with Gasteiger partial charge in [-0.3, -0.25) is 9.59 Å². The van der Waals surface area contributed by atoms with Gasteiger partial charge in [0, 0.05) is 7.05 Å². The summed E-state index contributed by atoms with van der Waals surface area (Å²) in [4.78, 5) is 23.9. The molecule has 2 aromatic carbocycles. The van der Waals surface area contributed by atoms with E-state index in [4.69, 9.17) is 4.74 Å². The number of alkyl halides is 2. The zero-order valence-corrected chi connectivity index (χ0v) is 17.0. The molecule has 162 valence electrons. The molecule has 0 saturated heterocycles. The number of ether oxygens (including phenoxy) is 2. The maximum Gasteiger partial charge on any atom is 0.387 e. The smallest absolute Gasteiger partial charge is 0.387 e. The van der Waals surface area contributed by atoms with Gasteiger partial charge in [0.1, 0.15) is 12.3 Å². The number of carbonyl (C=O) groups is 2. The van der Waals surface area contributed by atoms with E-state index in [1.54, 1.807) is 19.1 Å². The maximum absolute atomic E-state index is 12.4. The first-order chi connectivity index (χ1) is 14.1. The van der Waals surface area contributed by atoms with Crippen molar-refractivity contribution in [1.29, 1.82) is 0 Å². The molecule has 0 unspecified atom stereocenters. The van der Waals surface area contributed by atoms with E-state index < -0.39 is 41.7 Å². The molecule has 11 heteroatoms. The van der Waals surface area contributed by atoms with Crippen molar-refractivity contribution in [2.45, 2.75) is 18.4 Å². The average molecular weight is 442 g/mol. The second-order valence-electron chi connectivity index (χ2n) is 6.16. The number of anilines is 1. The van der Waals surface area contributed by atoms with Gasteiger partial charge in [-0.25, -0.2) is 8.42 Å². The van der Waals surface area contributed by atoms with E-state index >= 15 is 0 Å². The van der Waals surface area contributed by atoms with Crippen LogP contribution in [0, 0.1) is 6.92 Å². The molecule has 0 saturated carbocycles. The number of likely N-dealkylation sites (N-methyl/N-ethyl adjacent to an activating group) is 1. The average Bonchev–Trinajstić information content (AvgIpc) is 2.68. The third kappa shape index (κ3) is 6.49.